The molecule has 2 rings (SSSR count). The van der Waals surface area contributed by atoms with E-state index in [-0.39, 0.29) is 0 Å². The van der Waals surface area contributed by atoms with Gasteiger partial charge in [-0.2, -0.15) is 5.26 Å². The Morgan fingerprint density at radius 1 is 1.35 bits per heavy atom. The second-order valence-electron chi connectivity index (χ2n) is 4.68. The molecular formula is C16H19N3O. The van der Waals surface area contributed by atoms with Crippen molar-refractivity contribution in [1.29, 1.82) is 5.26 Å². The van der Waals surface area contributed by atoms with Crippen molar-refractivity contribution in [3.63, 3.8) is 0 Å². The lowest BCUT2D eigenvalue weighted by Gasteiger charge is -2.20. The average Bonchev–Trinajstić information content (AvgIpc) is 2.97. The van der Waals surface area contributed by atoms with Gasteiger partial charge in [-0.15, -0.1) is 0 Å². The minimum atomic E-state index is 0.647. The van der Waals surface area contributed by atoms with Gasteiger partial charge in [-0.25, -0.2) is 0 Å². The van der Waals surface area contributed by atoms with E-state index in [4.69, 9.17) is 4.42 Å². The van der Waals surface area contributed by atoms with Crippen LogP contribution in [0, 0.1) is 11.3 Å². The summed E-state index contributed by atoms with van der Waals surface area (Å²) in [6, 6.07) is 12.1. The Labute approximate surface area is 119 Å². The van der Waals surface area contributed by atoms with Gasteiger partial charge in [0, 0.05) is 13.6 Å². The zero-order valence-corrected chi connectivity index (χ0v) is 11.9. The first-order valence-corrected chi connectivity index (χ1v) is 6.72. The third-order valence-electron chi connectivity index (χ3n) is 3.14. The Balaban J connectivity index is 2.16. The Morgan fingerprint density at radius 2 is 2.20 bits per heavy atom. The SMILES string of the molecule is CCNCc1ccc(N(C)Cc2ccco2)c(C#N)c1. The van der Waals surface area contributed by atoms with Crippen molar-refractivity contribution in [1.82, 2.24) is 5.32 Å². The lowest BCUT2D eigenvalue weighted by Crippen LogP contribution is -2.18. The van der Waals surface area contributed by atoms with Crippen LogP contribution in [0.5, 0.6) is 0 Å². The highest BCUT2D eigenvalue weighted by Gasteiger charge is 2.10. The van der Waals surface area contributed by atoms with Crippen molar-refractivity contribution in [3.8, 4) is 6.07 Å². The highest BCUT2D eigenvalue weighted by molar-refractivity contribution is 5.60. The summed E-state index contributed by atoms with van der Waals surface area (Å²) in [4.78, 5) is 2.02. The number of nitrogens with zero attached hydrogens (tertiary/aromatic N) is 2. The van der Waals surface area contributed by atoms with E-state index in [1.807, 2.05) is 36.2 Å². The summed E-state index contributed by atoms with van der Waals surface area (Å²) in [5.41, 5.74) is 2.73. The average molecular weight is 269 g/mol. The molecule has 0 saturated carbocycles. The molecule has 0 bridgehead atoms. The number of anilines is 1. The fourth-order valence-corrected chi connectivity index (χ4v) is 2.11. The first-order chi connectivity index (χ1) is 9.74. The first-order valence-electron chi connectivity index (χ1n) is 6.72. The normalized spacial score (nSPS) is 10.2. The molecule has 1 N–H and O–H groups in total. The zero-order chi connectivity index (χ0) is 14.4. The smallest absolute Gasteiger partial charge is 0.123 e. The number of nitriles is 1. The van der Waals surface area contributed by atoms with Gasteiger partial charge in [0.25, 0.3) is 0 Å². The molecule has 1 heterocycles. The molecule has 4 heteroatoms. The van der Waals surface area contributed by atoms with Gasteiger partial charge >= 0.3 is 0 Å². The summed E-state index contributed by atoms with van der Waals surface area (Å²) < 4.78 is 5.34. The van der Waals surface area contributed by atoms with Gasteiger partial charge in [-0.1, -0.05) is 13.0 Å². The molecule has 0 atom stereocenters. The zero-order valence-electron chi connectivity index (χ0n) is 11.9. The van der Waals surface area contributed by atoms with Gasteiger partial charge in [0.15, 0.2) is 0 Å². The summed E-state index contributed by atoms with van der Waals surface area (Å²) in [5, 5.41) is 12.6. The fourth-order valence-electron chi connectivity index (χ4n) is 2.11. The second kappa shape index (κ2) is 6.78. The van der Waals surface area contributed by atoms with E-state index in [2.05, 4.69) is 24.4 Å². The van der Waals surface area contributed by atoms with E-state index < -0.39 is 0 Å². The Hall–Kier alpha value is -2.25. The molecule has 0 saturated heterocycles. The monoisotopic (exact) mass is 269 g/mol. The van der Waals surface area contributed by atoms with Crippen molar-refractivity contribution >= 4 is 5.69 Å². The van der Waals surface area contributed by atoms with Gasteiger partial charge in [0.2, 0.25) is 0 Å². The van der Waals surface area contributed by atoms with Crippen molar-refractivity contribution in [2.45, 2.75) is 20.0 Å². The molecule has 0 aliphatic heterocycles. The molecule has 0 aliphatic carbocycles. The molecule has 0 radical (unpaired) electrons. The van der Waals surface area contributed by atoms with Crippen LogP contribution in [-0.4, -0.2) is 13.6 Å². The molecule has 1 aromatic carbocycles. The van der Waals surface area contributed by atoms with Gasteiger partial charge < -0.3 is 14.6 Å². The number of hydrogen-bond donors (Lipinski definition) is 1. The molecule has 1 aromatic heterocycles. The summed E-state index contributed by atoms with van der Waals surface area (Å²) in [6.07, 6.45) is 1.66. The lowest BCUT2D eigenvalue weighted by atomic mass is 10.1. The number of furan rings is 1. The van der Waals surface area contributed by atoms with E-state index in [1.165, 1.54) is 0 Å². The van der Waals surface area contributed by atoms with E-state index >= 15 is 0 Å². The second-order valence-corrected chi connectivity index (χ2v) is 4.68. The van der Waals surface area contributed by atoms with E-state index in [0.717, 1.165) is 30.1 Å². The number of nitrogens with one attached hydrogen (secondary N) is 1. The van der Waals surface area contributed by atoms with Crippen LogP contribution in [0.1, 0.15) is 23.8 Å². The standard InChI is InChI=1S/C16H19N3O/c1-3-18-11-13-6-7-16(14(9-13)10-17)19(2)12-15-5-4-8-20-15/h4-9,18H,3,11-12H2,1-2H3. The molecule has 4 nitrogen and oxygen atoms in total. The topological polar surface area (TPSA) is 52.2 Å². The van der Waals surface area contributed by atoms with Crippen molar-refractivity contribution < 1.29 is 4.42 Å². The summed E-state index contributed by atoms with van der Waals surface area (Å²) >= 11 is 0. The number of rotatable bonds is 6. The third-order valence-corrected chi connectivity index (χ3v) is 3.14. The minimum Gasteiger partial charge on any atom is -0.467 e. The van der Waals surface area contributed by atoms with Gasteiger partial charge in [-0.05, 0) is 36.4 Å². The number of hydrogen-bond acceptors (Lipinski definition) is 4. The maximum atomic E-state index is 9.32. The largest absolute Gasteiger partial charge is 0.467 e. The van der Waals surface area contributed by atoms with Crippen molar-refractivity contribution in [2.24, 2.45) is 0 Å². The van der Waals surface area contributed by atoms with Gasteiger partial charge in [0.1, 0.15) is 11.8 Å². The third kappa shape index (κ3) is 3.40. The molecule has 0 amide bonds. The van der Waals surface area contributed by atoms with E-state index in [0.29, 0.717) is 12.1 Å². The number of benzene rings is 1. The molecule has 0 fully saturated rings. The van der Waals surface area contributed by atoms with Crippen LogP contribution in [0.4, 0.5) is 5.69 Å². The summed E-state index contributed by atoms with van der Waals surface area (Å²) in [5.74, 6) is 0.883. The maximum absolute atomic E-state index is 9.32. The molecule has 0 aliphatic rings. The van der Waals surface area contributed by atoms with Crippen LogP contribution in [0.15, 0.2) is 41.0 Å². The van der Waals surface area contributed by atoms with Crippen LogP contribution in [-0.2, 0) is 13.1 Å². The van der Waals surface area contributed by atoms with Gasteiger partial charge in [0.05, 0.1) is 24.1 Å². The van der Waals surface area contributed by atoms with E-state index in [9.17, 15) is 5.26 Å². The molecule has 0 unspecified atom stereocenters. The van der Waals surface area contributed by atoms with Crippen LogP contribution < -0.4 is 10.2 Å². The summed E-state index contributed by atoms with van der Waals surface area (Å²) in [7, 11) is 1.96. The quantitative estimate of drug-likeness (QED) is 0.876. The molecule has 20 heavy (non-hydrogen) atoms. The maximum Gasteiger partial charge on any atom is 0.123 e. The first kappa shape index (κ1) is 14.2. The molecule has 104 valence electrons. The fraction of sp³-hybridized carbons (Fsp3) is 0.312. The molecular weight excluding hydrogens is 250 g/mol. The van der Waals surface area contributed by atoms with Crippen LogP contribution in [0.25, 0.3) is 0 Å². The Kier molecular flexibility index (Phi) is 4.80. The van der Waals surface area contributed by atoms with Gasteiger partial charge in [-0.3, -0.25) is 0 Å². The highest BCUT2D eigenvalue weighted by Crippen LogP contribution is 2.22. The van der Waals surface area contributed by atoms with Crippen LogP contribution in [0.3, 0.4) is 0 Å². The predicted molar refractivity (Wildman–Crippen MR) is 79.4 cm³/mol. The predicted octanol–water partition coefficient (Wildman–Crippen LogP) is 2.90. The Morgan fingerprint density at radius 3 is 2.85 bits per heavy atom. The van der Waals surface area contributed by atoms with Crippen molar-refractivity contribution in [3.05, 3.63) is 53.5 Å². The molecule has 2 aromatic rings. The molecule has 0 spiro atoms. The van der Waals surface area contributed by atoms with Crippen molar-refractivity contribution in [2.75, 3.05) is 18.5 Å². The van der Waals surface area contributed by atoms with E-state index in [1.54, 1.807) is 6.26 Å². The highest BCUT2D eigenvalue weighted by atomic mass is 16.3. The lowest BCUT2D eigenvalue weighted by molar-refractivity contribution is 0.507. The minimum absolute atomic E-state index is 0.647. The Bertz CT molecular complexity index is 584. The van der Waals surface area contributed by atoms with Crippen LogP contribution in [0.2, 0.25) is 0 Å². The summed E-state index contributed by atoms with van der Waals surface area (Å²) in [6.45, 7) is 4.42. The van der Waals surface area contributed by atoms with Crippen LogP contribution >= 0.6 is 0 Å².